The van der Waals surface area contributed by atoms with Crippen molar-refractivity contribution in [2.75, 3.05) is 17.7 Å². The van der Waals surface area contributed by atoms with Gasteiger partial charge >= 0.3 is 0 Å². The number of rotatable bonds is 5. The zero-order valence-corrected chi connectivity index (χ0v) is 16.0. The van der Waals surface area contributed by atoms with Crippen LogP contribution in [-0.2, 0) is 4.79 Å². The van der Waals surface area contributed by atoms with E-state index >= 15 is 0 Å². The van der Waals surface area contributed by atoms with Crippen LogP contribution in [-0.4, -0.2) is 23.9 Å². The summed E-state index contributed by atoms with van der Waals surface area (Å²) in [5, 5.41) is 7.93. The molecule has 0 radical (unpaired) electrons. The molecule has 0 spiro atoms. The Morgan fingerprint density at radius 2 is 2.00 bits per heavy atom. The third-order valence-electron chi connectivity index (χ3n) is 3.15. The molecule has 2 amide bonds. The molecule has 134 valence electrons. The number of hydrogen-bond acceptors (Lipinski definition) is 5. The molecule has 1 aromatic carbocycles. The van der Waals surface area contributed by atoms with Crippen molar-refractivity contribution in [3.8, 4) is 5.75 Å². The number of amides is 2. The Hall–Kier alpha value is -2.12. The first-order valence-electron chi connectivity index (χ1n) is 7.58. The predicted molar refractivity (Wildman–Crippen MR) is 101 cm³/mol. The molecule has 25 heavy (non-hydrogen) atoms. The Balaban J connectivity index is 2.22. The fourth-order valence-corrected chi connectivity index (χ4v) is 2.86. The molecule has 2 aromatic rings. The van der Waals surface area contributed by atoms with Gasteiger partial charge in [0.15, 0.2) is 5.13 Å². The summed E-state index contributed by atoms with van der Waals surface area (Å²) in [5.74, 6) is -0.234. The van der Waals surface area contributed by atoms with Crippen LogP contribution in [0.3, 0.4) is 0 Å². The van der Waals surface area contributed by atoms with Gasteiger partial charge in [0, 0.05) is 24.1 Å². The van der Waals surface area contributed by atoms with Gasteiger partial charge in [-0.2, -0.15) is 0 Å². The van der Waals surface area contributed by atoms with Gasteiger partial charge in [-0.05, 0) is 11.5 Å². The molecule has 2 rings (SSSR count). The molecule has 0 aliphatic heterocycles. The summed E-state index contributed by atoms with van der Waals surface area (Å²) in [6.07, 6.45) is 1.94. The van der Waals surface area contributed by atoms with Crippen molar-refractivity contribution < 1.29 is 14.3 Å². The third-order valence-corrected chi connectivity index (χ3v) is 4.15. The number of halogens is 1. The van der Waals surface area contributed by atoms with Gasteiger partial charge in [-0.1, -0.05) is 32.4 Å². The van der Waals surface area contributed by atoms with E-state index in [0.29, 0.717) is 23.0 Å². The summed E-state index contributed by atoms with van der Waals surface area (Å²) in [6.45, 7) is 5.92. The molecule has 0 saturated carbocycles. The van der Waals surface area contributed by atoms with E-state index in [2.05, 4.69) is 15.6 Å². The molecule has 0 unspecified atom stereocenters. The van der Waals surface area contributed by atoms with E-state index in [0.717, 1.165) is 0 Å². The molecule has 0 aliphatic rings. The predicted octanol–water partition coefficient (Wildman–Crippen LogP) is 4.43. The van der Waals surface area contributed by atoms with Crippen molar-refractivity contribution in [2.24, 2.45) is 5.41 Å². The molecule has 8 heteroatoms. The summed E-state index contributed by atoms with van der Waals surface area (Å²) in [4.78, 5) is 28.5. The fraction of sp³-hybridized carbons (Fsp3) is 0.353. The lowest BCUT2D eigenvalue weighted by Gasteiger charge is -2.18. The molecule has 1 aromatic heterocycles. The van der Waals surface area contributed by atoms with Crippen LogP contribution < -0.4 is 15.4 Å². The monoisotopic (exact) mass is 381 g/mol. The van der Waals surface area contributed by atoms with Crippen LogP contribution in [0.5, 0.6) is 5.75 Å². The van der Waals surface area contributed by atoms with Crippen molar-refractivity contribution in [3.05, 3.63) is 34.3 Å². The fourth-order valence-electron chi connectivity index (χ4n) is 2.12. The highest BCUT2D eigenvalue weighted by molar-refractivity contribution is 7.13. The molecule has 0 saturated heterocycles. The Kier molecular flexibility index (Phi) is 6.02. The number of ether oxygens (including phenoxy) is 1. The van der Waals surface area contributed by atoms with E-state index < -0.39 is 0 Å². The second-order valence-corrected chi connectivity index (χ2v) is 7.91. The van der Waals surface area contributed by atoms with Crippen molar-refractivity contribution in [1.82, 2.24) is 4.98 Å². The highest BCUT2D eigenvalue weighted by Crippen LogP contribution is 2.32. The van der Waals surface area contributed by atoms with Crippen LogP contribution >= 0.6 is 22.9 Å². The van der Waals surface area contributed by atoms with Crippen LogP contribution in [0.4, 0.5) is 10.8 Å². The van der Waals surface area contributed by atoms with Crippen LogP contribution in [0.15, 0.2) is 23.7 Å². The molecule has 2 N–H and O–H groups in total. The second-order valence-electron chi connectivity index (χ2n) is 6.61. The van der Waals surface area contributed by atoms with E-state index in [1.54, 1.807) is 17.6 Å². The van der Waals surface area contributed by atoms with E-state index in [1.807, 2.05) is 20.8 Å². The van der Waals surface area contributed by atoms with Crippen LogP contribution in [0.25, 0.3) is 0 Å². The zero-order chi connectivity index (χ0) is 18.6. The molecular weight excluding hydrogens is 362 g/mol. The van der Waals surface area contributed by atoms with E-state index in [-0.39, 0.29) is 27.8 Å². The minimum Gasteiger partial charge on any atom is -0.496 e. The summed E-state index contributed by atoms with van der Waals surface area (Å²) in [5.41, 5.74) is 0.517. The van der Waals surface area contributed by atoms with Gasteiger partial charge in [-0.25, -0.2) is 4.98 Å². The van der Waals surface area contributed by atoms with Gasteiger partial charge in [0.1, 0.15) is 5.75 Å². The van der Waals surface area contributed by atoms with Crippen molar-refractivity contribution >= 4 is 45.6 Å². The van der Waals surface area contributed by atoms with Crippen molar-refractivity contribution in [1.29, 1.82) is 0 Å². The number of methoxy groups -OCH3 is 1. The number of nitrogens with zero attached hydrogens (tertiary/aromatic N) is 1. The standard InChI is InChI=1S/C17H20ClN3O3S/c1-17(2,3)9-14(22)20-12-8-13(24-4)10(7-11(12)18)15(23)21-16-19-5-6-25-16/h5-8H,9H2,1-4H3,(H,20,22)(H,19,21,23). The summed E-state index contributed by atoms with van der Waals surface area (Å²) < 4.78 is 5.28. The number of thiazole rings is 1. The molecule has 0 atom stereocenters. The Bertz CT molecular complexity index is 770. The topological polar surface area (TPSA) is 80.3 Å². The van der Waals surface area contributed by atoms with Crippen LogP contribution in [0, 0.1) is 5.41 Å². The average Bonchev–Trinajstić information content (AvgIpc) is 2.99. The second kappa shape index (κ2) is 7.84. The lowest BCUT2D eigenvalue weighted by atomic mass is 9.92. The lowest BCUT2D eigenvalue weighted by Crippen LogP contribution is -2.20. The Labute approximate surface area is 155 Å². The van der Waals surface area contributed by atoms with Gasteiger partial charge in [0.2, 0.25) is 5.91 Å². The SMILES string of the molecule is COc1cc(NC(=O)CC(C)(C)C)c(Cl)cc1C(=O)Nc1nccs1. The molecule has 0 bridgehead atoms. The first-order valence-corrected chi connectivity index (χ1v) is 8.83. The van der Waals surface area contributed by atoms with Crippen molar-refractivity contribution in [2.45, 2.75) is 27.2 Å². The number of nitrogens with one attached hydrogen (secondary N) is 2. The van der Waals surface area contributed by atoms with Gasteiger partial charge in [-0.15, -0.1) is 11.3 Å². The Morgan fingerprint density at radius 1 is 1.28 bits per heavy atom. The molecule has 0 aliphatic carbocycles. The number of anilines is 2. The van der Waals surface area contributed by atoms with Crippen LogP contribution in [0.2, 0.25) is 5.02 Å². The number of benzene rings is 1. The summed E-state index contributed by atoms with van der Waals surface area (Å²) in [7, 11) is 1.45. The first kappa shape index (κ1) is 19.2. The van der Waals surface area contributed by atoms with E-state index in [1.165, 1.54) is 24.5 Å². The zero-order valence-electron chi connectivity index (χ0n) is 14.5. The minimum absolute atomic E-state index is 0.145. The lowest BCUT2D eigenvalue weighted by molar-refractivity contribution is -0.117. The summed E-state index contributed by atoms with van der Waals surface area (Å²) in [6, 6.07) is 3.01. The number of carbonyl (C=O) groups excluding carboxylic acids is 2. The molecule has 1 heterocycles. The van der Waals surface area contributed by atoms with Gasteiger partial charge in [-0.3, -0.25) is 14.9 Å². The Morgan fingerprint density at radius 3 is 2.56 bits per heavy atom. The maximum absolute atomic E-state index is 12.4. The third kappa shape index (κ3) is 5.44. The van der Waals surface area contributed by atoms with Gasteiger partial charge in [0.05, 0.1) is 23.4 Å². The average molecular weight is 382 g/mol. The maximum Gasteiger partial charge on any atom is 0.261 e. The van der Waals surface area contributed by atoms with E-state index in [4.69, 9.17) is 16.3 Å². The van der Waals surface area contributed by atoms with Crippen molar-refractivity contribution in [3.63, 3.8) is 0 Å². The smallest absolute Gasteiger partial charge is 0.261 e. The normalized spacial score (nSPS) is 11.1. The number of aromatic nitrogens is 1. The highest BCUT2D eigenvalue weighted by Gasteiger charge is 2.20. The first-order chi connectivity index (χ1) is 11.7. The van der Waals surface area contributed by atoms with E-state index in [9.17, 15) is 9.59 Å². The largest absolute Gasteiger partial charge is 0.496 e. The molecule has 0 fully saturated rings. The highest BCUT2D eigenvalue weighted by atomic mass is 35.5. The molecular formula is C17H20ClN3O3S. The van der Waals surface area contributed by atoms with Crippen LogP contribution in [0.1, 0.15) is 37.6 Å². The maximum atomic E-state index is 12.4. The number of hydrogen-bond donors (Lipinski definition) is 2. The number of carbonyl (C=O) groups is 2. The molecule has 6 nitrogen and oxygen atoms in total. The van der Waals surface area contributed by atoms with Gasteiger partial charge < -0.3 is 10.1 Å². The van der Waals surface area contributed by atoms with Gasteiger partial charge in [0.25, 0.3) is 5.91 Å². The minimum atomic E-state index is -0.388. The summed E-state index contributed by atoms with van der Waals surface area (Å²) >= 11 is 7.54. The quantitative estimate of drug-likeness (QED) is 0.802.